The number of benzene rings is 8. The van der Waals surface area contributed by atoms with Crippen LogP contribution in [0.15, 0.2) is 170 Å². The largest absolute Gasteiger partial charge is 0.309 e. The standard InChI is InChI=1S/C47H28N4/c1-3-12-30(13-4-1)45-48-46(31-14-5-2-6-15-31)50-47(49-45)32-22-25-34(26-23-32)51-40-27-24-29-17-11-21-38-36-19-9-10-20-37(36)39-28-33-16-7-8-18-35(33)44(51)42(39)43(40)41(29)38/h1-28H. The molecule has 11 rings (SSSR count). The van der Waals surface area contributed by atoms with Crippen LogP contribution < -0.4 is 0 Å². The smallest absolute Gasteiger partial charge is 0.164 e. The first-order valence-corrected chi connectivity index (χ1v) is 17.3. The Labute approximate surface area is 294 Å². The first kappa shape index (κ1) is 28.0. The van der Waals surface area contributed by atoms with Crippen molar-refractivity contribution in [1.29, 1.82) is 0 Å². The van der Waals surface area contributed by atoms with E-state index in [1.165, 1.54) is 65.6 Å². The molecule has 0 spiro atoms. The summed E-state index contributed by atoms with van der Waals surface area (Å²) in [6.07, 6.45) is 0. The van der Waals surface area contributed by atoms with Crippen molar-refractivity contribution in [2.24, 2.45) is 0 Å². The van der Waals surface area contributed by atoms with Gasteiger partial charge in [-0.25, -0.2) is 15.0 Å². The van der Waals surface area contributed by atoms with Crippen molar-refractivity contribution >= 4 is 43.4 Å². The lowest BCUT2D eigenvalue weighted by Gasteiger charge is -2.15. The van der Waals surface area contributed by atoms with E-state index in [1.54, 1.807) is 0 Å². The predicted octanol–water partition coefficient (Wildman–Crippen LogP) is 11.9. The molecule has 2 aromatic heterocycles. The molecule has 236 valence electrons. The van der Waals surface area contributed by atoms with Gasteiger partial charge in [0, 0.05) is 38.5 Å². The van der Waals surface area contributed by atoms with E-state index in [2.05, 4.69) is 114 Å². The van der Waals surface area contributed by atoms with E-state index in [1.807, 2.05) is 60.7 Å². The zero-order valence-corrected chi connectivity index (χ0v) is 27.5. The molecule has 0 saturated carbocycles. The molecule has 8 aromatic carbocycles. The molecule has 0 fully saturated rings. The quantitative estimate of drug-likeness (QED) is 0.191. The second kappa shape index (κ2) is 10.8. The molecule has 51 heavy (non-hydrogen) atoms. The van der Waals surface area contributed by atoms with Crippen LogP contribution in [0.2, 0.25) is 0 Å². The minimum absolute atomic E-state index is 0.644. The van der Waals surface area contributed by atoms with Gasteiger partial charge in [0.1, 0.15) is 0 Å². The highest BCUT2D eigenvalue weighted by molar-refractivity contribution is 6.34. The van der Waals surface area contributed by atoms with E-state index < -0.39 is 0 Å². The molecule has 0 saturated heterocycles. The zero-order valence-electron chi connectivity index (χ0n) is 27.5. The maximum atomic E-state index is 4.99. The summed E-state index contributed by atoms with van der Waals surface area (Å²) in [6, 6.07) is 60.3. The first-order valence-electron chi connectivity index (χ1n) is 17.3. The van der Waals surface area contributed by atoms with E-state index in [4.69, 9.17) is 15.0 Å². The Morgan fingerprint density at radius 1 is 0.353 bits per heavy atom. The minimum Gasteiger partial charge on any atom is -0.309 e. The molecule has 2 heterocycles. The Morgan fingerprint density at radius 2 is 0.902 bits per heavy atom. The fourth-order valence-electron chi connectivity index (χ4n) is 8.10. The van der Waals surface area contributed by atoms with E-state index in [-0.39, 0.29) is 0 Å². The monoisotopic (exact) mass is 648 g/mol. The lowest BCUT2D eigenvalue weighted by molar-refractivity contribution is 1.07. The van der Waals surface area contributed by atoms with Crippen molar-refractivity contribution in [3.05, 3.63) is 170 Å². The number of rotatable bonds is 4. The molecule has 4 heteroatoms. The Kier molecular flexibility index (Phi) is 5.92. The van der Waals surface area contributed by atoms with Crippen molar-refractivity contribution in [3.8, 4) is 62.1 Å². The maximum absolute atomic E-state index is 4.99. The Hall–Kier alpha value is -6.91. The Morgan fingerprint density at radius 3 is 1.59 bits per heavy atom. The molecule has 0 bridgehead atoms. The van der Waals surface area contributed by atoms with Crippen molar-refractivity contribution in [3.63, 3.8) is 0 Å². The molecule has 0 amide bonds. The summed E-state index contributed by atoms with van der Waals surface area (Å²) in [5.41, 5.74) is 11.5. The molecule has 0 aliphatic heterocycles. The van der Waals surface area contributed by atoms with Crippen LogP contribution in [-0.2, 0) is 0 Å². The fraction of sp³-hybridized carbons (Fsp3) is 0. The van der Waals surface area contributed by atoms with E-state index in [0.717, 1.165) is 22.4 Å². The highest BCUT2D eigenvalue weighted by Gasteiger charge is 2.26. The summed E-state index contributed by atoms with van der Waals surface area (Å²) < 4.78 is 2.46. The number of hydrogen-bond acceptors (Lipinski definition) is 3. The number of fused-ring (bicyclic) bond motifs is 5. The molecular formula is C47H28N4. The Balaban J connectivity index is 1.17. The van der Waals surface area contributed by atoms with Gasteiger partial charge in [-0.2, -0.15) is 0 Å². The van der Waals surface area contributed by atoms with Gasteiger partial charge in [-0.15, -0.1) is 0 Å². The van der Waals surface area contributed by atoms with Crippen molar-refractivity contribution in [2.75, 3.05) is 0 Å². The summed E-state index contributed by atoms with van der Waals surface area (Å²) in [6.45, 7) is 0. The van der Waals surface area contributed by atoms with E-state index >= 15 is 0 Å². The van der Waals surface area contributed by atoms with Crippen LogP contribution in [0.25, 0.3) is 105 Å². The number of hydrogen-bond donors (Lipinski definition) is 0. The molecule has 4 nitrogen and oxygen atoms in total. The molecule has 1 aliphatic carbocycles. The lowest BCUT2D eigenvalue weighted by Crippen LogP contribution is -2.00. The topological polar surface area (TPSA) is 43.6 Å². The average molecular weight is 649 g/mol. The van der Waals surface area contributed by atoms with Crippen molar-refractivity contribution in [1.82, 2.24) is 19.5 Å². The summed E-state index contributed by atoms with van der Waals surface area (Å²) >= 11 is 0. The van der Waals surface area contributed by atoms with Crippen LogP contribution in [-0.4, -0.2) is 19.5 Å². The maximum Gasteiger partial charge on any atom is 0.164 e. The highest BCUT2D eigenvalue weighted by atomic mass is 15.0. The van der Waals surface area contributed by atoms with Crippen LogP contribution in [0.1, 0.15) is 0 Å². The van der Waals surface area contributed by atoms with Gasteiger partial charge in [0.05, 0.1) is 11.0 Å². The van der Waals surface area contributed by atoms with Crippen LogP contribution in [0.5, 0.6) is 0 Å². The van der Waals surface area contributed by atoms with Gasteiger partial charge in [-0.05, 0) is 74.8 Å². The molecule has 10 aromatic rings. The SMILES string of the molecule is c1ccc(-c2nc(-c3ccccc3)nc(-c3ccc(-n4c5ccc6cccc7c6c5c5c(cc6ccccc6c54)-c4ccccc4-7)cc3)n2)cc1. The molecule has 0 unspecified atom stereocenters. The van der Waals surface area contributed by atoms with Crippen LogP contribution in [0.3, 0.4) is 0 Å². The van der Waals surface area contributed by atoms with E-state index in [0.29, 0.717) is 17.5 Å². The third-order valence-electron chi connectivity index (χ3n) is 10.4. The van der Waals surface area contributed by atoms with Crippen molar-refractivity contribution < 1.29 is 0 Å². The van der Waals surface area contributed by atoms with Crippen LogP contribution >= 0.6 is 0 Å². The first-order chi connectivity index (χ1) is 25.3. The fourth-order valence-corrected chi connectivity index (χ4v) is 8.10. The third-order valence-corrected chi connectivity index (χ3v) is 10.4. The molecule has 0 N–H and O–H groups in total. The molecule has 0 atom stereocenters. The van der Waals surface area contributed by atoms with Gasteiger partial charge < -0.3 is 4.57 Å². The average Bonchev–Trinajstić information content (AvgIpc) is 3.51. The molecule has 0 radical (unpaired) electrons. The summed E-state index contributed by atoms with van der Waals surface area (Å²) in [5, 5.41) is 7.63. The number of aromatic nitrogens is 4. The highest BCUT2D eigenvalue weighted by Crippen LogP contribution is 2.51. The second-order valence-corrected chi connectivity index (χ2v) is 13.2. The van der Waals surface area contributed by atoms with Gasteiger partial charge in [-0.1, -0.05) is 133 Å². The van der Waals surface area contributed by atoms with Gasteiger partial charge in [-0.3, -0.25) is 0 Å². The number of nitrogens with zero attached hydrogens (tertiary/aromatic N) is 4. The second-order valence-electron chi connectivity index (χ2n) is 13.2. The lowest BCUT2D eigenvalue weighted by atomic mass is 9.92. The summed E-state index contributed by atoms with van der Waals surface area (Å²) in [4.78, 5) is 14.9. The normalized spacial score (nSPS) is 11.9. The predicted molar refractivity (Wildman–Crippen MR) is 210 cm³/mol. The van der Waals surface area contributed by atoms with Crippen molar-refractivity contribution in [2.45, 2.75) is 0 Å². The minimum atomic E-state index is 0.644. The van der Waals surface area contributed by atoms with Gasteiger partial charge >= 0.3 is 0 Å². The molecular weight excluding hydrogens is 621 g/mol. The van der Waals surface area contributed by atoms with Crippen LogP contribution in [0, 0.1) is 0 Å². The molecule has 1 aliphatic rings. The van der Waals surface area contributed by atoms with Gasteiger partial charge in [0.15, 0.2) is 17.5 Å². The van der Waals surface area contributed by atoms with Gasteiger partial charge in [0.25, 0.3) is 0 Å². The van der Waals surface area contributed by atoms with Crippen LogP contribution in [0.4, 0.5) is 0 Å². The summed E-state index contributed by atoms with van der Waals surface area (Å²) in [7, 11) is 0. The Bertz CT molecular complexity index is 2940. The third kappa shape index (κ3) is 4.17. The van der Waals surface area contributed by atoms with Gasteiger partial charge in [0.2, 0.25) is 0 Å². The van der Waals surface area contributed by atoms with E-state index in [9.17, 15) is 0 Å². The summed E-state index contributed by atoms with van der Waals surface area (Å²) in [5.74, 6) is 1.95. The zero-order chi connectivity index (χ0) is 33.5.